The number of hydrogen-bond donors (Lipinski definition) is 2. The third kappa shape index (κ3) is 6.31. The second-order valence-corrected chi connectivity index (χ2v) is 10.2. The van der Waals surface area contributed by atoms with Crippen molar-refractivity contribution in [3.63, 3.8) is 0 Å². The minimum Gasteiger partial charge on any atom is -0.490 e. The van der Waals surface area contributed by atoms with Crippen LogP contribution >= 0.6 is 11.8 Å². The average molecular weight is 598 g/mol. The van der Waals surface area contributed by atoms with Gasteiger partial charge in [0, 0.05) is 37.3 Å². The Morgan fingerprint density at radius 1 is 1.21 bits per heavy atom. The molecule has 0 bridgehead atoms. The third-order valence-corrected chi connectivity index (χ3v) is 7.25. The normalized spacial score (nSPS) is 13.2. The van der Waals surface area contributed by atoms with Crippen LogP contribution in [-0.2, 0) is 11.2 Å². The van der Waals surface area contributed by atoms with Crippen molar-refractivity contribution in [3.8, 4) is 5.75 Å². The quantitative estimate of drug-likeness (QED) is 0.112. The zero-order chi connectivity index (χ0) is 29.8. The minimum atomic E-state index is -1.22. The highest BCUT2D eigenvalue weighted by molar-refractivity contribution is 7.99. The number of aromatic amines is 1. The molecule has 3 heterocycles. The first-order valence-corrected chi connectivity index (χ1v) is 13.5. The summed E-state index contributed by atoms with van der Waals surface area (Å²) in [5, 5.41) is 21.4. The molecule has 0 radical (unpaired) electrons. The lowest BCUT2D eigenvalue weighted by atomic mass is 10.0. The van der Waals surface area contributed by atoms with Crippen LogP contribution in [0, 0.1) is 28.7 Å². The third-order valence-electron chi connectivity index (χ3n) is 6.33. The number of nitrogens with one attached hydrogen (secondary N) is 2. The van der Waals surface area contributed by atoms with Gasteiger partial charge in [0.05, 0.1) is 35.7 Å². The van der Waals surface area contributed by atoms with Crippen molar-refractivity contribution in [1.82, 2.24) is 20.2 Å². The second-order valence-electron chi connectivity index (χ2n) is 9.23. The van der Waals surface area contributed by atoms with Gasteiger partial charge in [-0.3, -0.25) is 20.0 Å². The molecular formula is C27H25F2N7O5S. The van der Waals surface area contributed by atoms with Crippen LogP contribution < -0.4 is 15.0 Å². The Bertz CT molecular complexity index is 1650. The molecule has 0 amide bonds. The lowest BCUT2D eigenvalue weighted by Crippen LogP contribution is -2.37. The number of Topliss-reactive ketones (excluding diaryl/α,β-unsaturated/α-hetero) is 1. The Kier molecular flexibility index (Phi) is 8.59. The molecule has 4 aromatic rings. The van der Waals surface area contributed by atoms with E-state index in [1.165, 1.54) is 25.3 Å². The van der Waals surface area contributed by atoms with Crippen LogP contribution in [0.1, 0.15) is 21.6 Å². The number of aromatic nitrogens is 4. The topological polar surface area (TPSA) is 148 Å². The van der Waals surface area contributed by atoms with Gasteiger partial charge in [-0.1, -0.05) is 12.1 Å². The zero-order valence-electron chi connectivity index (χ0n) is 22.5. The molecule has 0 atom stereocenters. The number of nitro groups is 1. The van der Waals surface area contributed by atoms with Crippen molar-refractivity contribution in [2.75, 3.05) is 43.6 Å². The Morgan fingerprint density at radius 2 is 2.00 bits per heavy atom. The van der Waals surface area contributed by atoms with E-state index in [1.807, 2.05) is 11.8 Å². The van der Waals surface area contributed by atoms with Gasteiger partial charge < -0.3 is 19.7 Å². The number of ether oxygens (including phenoxy) is 2. The summed E-state index contributed by atoms with van der Waals surface area (Å²) in [4.78, 5) is 34.2. The number of benzene rings is 2. The van der Waals surface area contributed by atoms with E-state index in [4.69, 9.17) is 9.47 Å². The number of H-pyrrole nitrogens is 1. The molecule has 2 N–H and O–H groups in total. The summed E-state index contributed by atoms with van der Waals surface area (Å²) in [5.41, 5.74) is -0.125. The van der Waals surface area contributed by atoms with Gasteiger partial charge in [-0.2, -0.15) is 9.49 Å². The van der Waals surface area contributed by atoms with Crippen LogP contribution in [0.3, 0.4) is 0 Å². The molecular weight excluding hydrogens is 572 g/mol. The van der Waals surface area contributed by atoms with Gasteiger partial charge in [0.1, 0.15) is 5.82 Å². The van der Waals surface area contributed by atoms with Gasteiger partial charge in [-0.05, 0) is 42.4 Å². The molecule has 0 aliphatic carbocycles. The van der Waals surface area contributed by atoms with E-state index in [2.05, 4.69) is 25.5 Å². The van der Waals surface area contributed by atoms with E-state index >= 15 is 4.39 Å². The van der Waals surface area contributed by atoms with E-state index < -0.39 is 33.6 Å². The first-order chi connectivity index (χ1) is 20.2. The number of rotatable bonds is 10. The fourth-order valence-corrected chi connectivity index (χ4v) is 5.08. The van der Waals surface area contributed by atoms with Gasteiger partial charge in [0.15, 0.2) is 28.4 Å². The van der Waals surface area contributed by atoms with E-state index in [0.29, 0.717) is 49.5 Å². The molecule has 2 aromatic heterocycles. The summed E-state index contributed by atoms with van der Waals surface area (Å²) in [6, 6.07) is 9.31. The highest BCUT2D eigenvalue weighted by Crippen LogP contribution is 2.39. The predicted octanol–water partition coefficient (Wildman–Crippen LogP) is 4.86. The molecule has 5 rings (SSSR count). The first-order valence-electron chi connectivity index (χ1n) is 12.7. The van der Waals surface area contributed by atoms with Crippen molar-refractivity contribution in [3.05, 3.63) is 81.0 Å². The van der Waals surface area contributed by atoms with Crippen molar-refractivity contribution < 1.29 is 28.0 Å². The van der Waals surface area contributed by atoms with Gasteiger partial charge in [-0.25, -0.2) is 14.4 Å². The number of ketones is 1. The molecule has 42 heavy (non-hydrogen) atoms. The number of aryl methyl sites for hydroxylation is 1. The lowest BCUT2D eigenvalue weighted by molar-refractivity contribution is -0.387. The summed E-state index contributed by atoms with van der Waals surface area (Å²) in [6.07, 6.45) is -0.350. The van der Waals surface area contributed by atoms with Gasteiger partial charge in [0.25, 0.3) is 0 Å². The number of carbonyl (C=O) groups is 1. The van der Waals surface area contributed by atoms with Crippen LogP contribution in [0.2, 0.25) is 0 Å². The highest BCUT2D eigenvalue weighted by atomic mass is 32.2. The van der Waals surface area contributed by atoms with Crippen LogP contribution in [0.15, 0.2) is 52.5 Å². The SMILES string of the molecule is COc1c(Nc2cc(C)[nH]n2)nc(Sc2ccc(CC(=O)c3cccc([N+](=O)[O-])c3F)cc2F)nc1N1CCOCC1. The number of anilines is 3. The fraction of sp³-hybridized carbons (Fsp3) is 0.259. The van der Waals surface area contributed by atoms with Crippen molar-refractivity contribution in [1.29, 1.82) is 0 Å². The predicted molar refractivity (Wildman–Crippen MR) is 150 cm³/mol. The second kappa shape index (κ2) is 12.5. The molecule has 12 nitrogen and oxygen atoms in total. The molecule has 1 aliphatic rings. The standard InChI is InChI=1S/C27H25F2N7O5S/c1-15-12-22(34-33-15)30-25-24(40-2)26(35-8-10-41-11-9-35)32-27(31-25)42-21-7-6-16(13-18(21)28)14-20(37)17-4-3-5-19(23(17)29)36(38)39/h3-7,12-13H,8-11,14H2,1-2H3,(H2,30,31,32,33,34). The van der Waals surface area contributed by atoms with E-state index in [9.17, 15) is 19.3 Å². The fourth-order valence-electron chi connectivity index (χ4n) is 4.32. The summed E-state index contributed by atoms with van der Waals surface area (Å²) in [5.74, 6) is -0.830. The van der Waals surface area contributed by atoms with Gasteiger partial charge in [-0.15, -0.1) is 0 Å². The van der Waals surface area contributed by atoms with E-state index in [1.54, 1.807) is 6.07 Å². The first kappa shape index (κ1) is 28.9. The maximum absolute atomic E-state index is 15.3. The molecule has 1 saturated heterocycles. The number of nitrogens with zero attached hydrogens (tertiary/aromatic N) is 5. The Balaban J connectivity index is 1.41. The van der Waals surface area contributed by atoms with Crippen LogP contribution in [0.5, 0.6) is 5.75 Å². The number of carbonyl (C=O) groups excluding carboxylic acids is 1. The largest absolute Gasteiger partial charge is 0.490 e. The minimum absolute atomic E-state index is 0.187. The summed E-state index contributed by atoms with van der Waals surface area (Å²) >= 11 is 0.974. The highest BCUT2D eigenvalue weighted by Gasteiger charge is 2.25. The molecule has 1 fully saturated rings. The van der Waals surface area contributed by atoms with E-state index in [0.717, 1.165) is 35.7 Å². The molecule has 0 unspecified atom stereocenters. The van der Waals surface area contributed by atoms with Crippen LogP contribution in [0.25, 0.3) is 0 Å². The molecule has 1 aliphatic heterocycles. The summed E-state index contributed by atoms with van der Waals surface area (Å²) in [6.45, 7) is 4.01. The van der Waals surface area contributed by atoms with Crippen LogP contribution in [0.4, 0.5) is 31.9 Å². The van der Waals surface area contributed by atoms with Crippen molar-refractivity contribution >= 4 is 40.7 Å². The maximum atomic E-state index is 15.3. The van der Waals surface area contributed by atoms with E-state index in [-0.39, 0.29) is 22.0 Å². The molecule has 15 heteroatoms. The lowest BCUT2D eigenvalue weighted by Gasteiger charge is -2.29. The Morgan fingerprint density at radius 3 is 2.67 bits per heavy atom. The van der Waals surface area contributed by atoms with Gasteiger partial charge >= 0.3 is 5.69 Å². The molecule has 0 spiro atoms. The van der Waals surface area contributed by atoms with Crippen molar-refractivity contribution in [2.24, 2.45) is 0 Å². The number of nitro benzene ring substituents is 1. The van der Waals surface area contributed by atoms with Crippen molar-refractivity contribution in [2.45, 2.75) is 23.4 Å². The Hall–Kier alpha value is -4.63. The maximum Gasteiger partial charge on any atom is 0.305 e. The summed E-state index contributed by atoms with van der Waals surface area (Å²) in [7, 11) is 1.51. The van der Waals surface area contributed by atoms with Gasteiger partial charge in [0.2, 0.25) is 11.6 Å². The number of methoxy groups -OCH3 is 1. The monoisotopic (exact) mass is 597 g/mol. The number of halogens is 2. The zero-order valence-corrected chi connectivity index (χ0v) is 23.3. The molecule has 2 aromatic carbocycles. The smallest absolute Gasteiger partial charge is 0.305 e. The number of hydrogen-bond acceptors (Lipinski definition) is 11. The average Bonchev–Trinajstić information content (AvgIpc) is 3.38. The molecule has 218 valence electrons. The summed E-state index contributed by atoms with van der Waals surface area (Å²) < 4.78 is 40.9. The Labute approximate surface area is 242 Å². The number of morpholine rings is 1. The molecule has 0 saturated carbocycles. The van der Waals surface area contributed by atoms with Crippen LogP contribution in [-0.4, -0.2) is 64.3 Å².